The van der Waals surface area contributed by atoms with Crippen molar-refractivity contribution in [1.82, 2.24) is 9.80 Å². The highest BCUT2D eigenvalue weighted by Gasteiger charge is 2.35. The number of oxime groups is 2. The lowest BCUT2D eigenvalue weighted by atomic mass is 10.0. The van der Waals surface area contributed by atoms with E-state index in [0.717, 1.165) is 71.7 Å². The van der Waals surface area contributed by atoms with Crippen LogP contribution < -0.4 is 20.4 Å². The number of carbonyl (C=O) groups is 2. The molecule has 2 N–H and O–H groups in total. The molecule has 2 saturated heterocycles. The first-order chi connectivity index (χ1) is 37.7. The first kappa shape index (κ1) is 57.0. The molecular weight excluding hydrogens is 1010 g/mol. The number of rotatable bonds is 17. The molecule has 0 bridgehead atoms. The smallest absolute Gasteiger partial charge is 0.396 e. The first-order valence-corrected chi connectivity index (χ1v) is 25.1. The zero-order valence-electron chi connectivity index (χ0n) is 42.9. The van der Waals surface area contributed by atoms with Gasteiger partial charge in [0.1, 0.15) is 31.5 Å². The summed E-state index contributed by atoms with van der Waals surface area (Å²) < 4.78 is 80.3. The fourth-order valence-electron chi connectivity index (χ4n) is 8.59. The monoisotopic (exact) mass is 1070 g/mol. The van der Waals surface area contributed by atoms with E-state index >= 15 is 0 Å². The van der Waals surface area contributed by atoms with Gasteiger partial charge in [0, 0.05) is 93.5 Å². The molecule has 2 fully saturated rings. The third kappa shape index (κ3) is 15.7. The molecule has 2 aliphatic rings. The summed E-state index contributed by atoms with van der Waals surface area (Å²) in [4.78, 5) is 44.3. The van der Waals surface area contributed by atoms with Gasteiger partial charge in [-0.2, -0.15) is 23.7 Å². The summed E-state index contributed by atoms with van der Waals surface area (Å²) in [5, 5.41) is 31.9. The number of hydrogen-bond donors (Lipinski definition) is 2. The van der Waals surface area contributed by atoms with Gasteiger partial charge >= 0.3 is 18.2 Å². The quantitative estimate of drug-likeness (QED) is 0.0674. The van der Waals surface area contributed by atoms with Crippen LogP contribution in [0.25, 0.3) is 22.3 Å². The zero-order valence-corrected chi connectivity index (χ0v) is 42.9. The first-order valence-electron chi connectivity index (χ1n) is 25.1. The van der Waals surface area contributed by atoms with E-state index in [9.17, 15) is 46.5 Å². The third-order valence-corrected chi connectivity index (χ3v) is 12.6. The highest BCUT2D eigenvalue weighted by atomic mass is 19.4. The number of urea groups is 2. The predicted octanol–water partition coefficient (Wildman–Crippen LogP) is 12.5. The largest absolute Gasteiger partial charge is 0.419 e. The topological polar surface area (TPSA) is 162 Å². The Labute approximate surface area is 448 Å². The fraction of sp³-hybridized carbons (Fsp3) is 0.276. The highest BCUT2D eigenvalue weighted by molar-refractivity contribution is 6.03. The highest BCUT2D eigenvalue weighted by Crippen LogP contribution is 2.34. The Bertz CT molecular complexity index is 3180. The maximum atomic E-state index is 13.8. The van der Waals surface area contributed by atoms with Crippen molar-refractivity contribution in [3.05, 3.63) is 167 Å². The molecule has 0 atom stereocenters. The van der Waals surface area contributed by atoms with Crippen molar-refractivity contribution in [2.75, 3.05) is 86.0 Å². The van der Waals surface area contributed by atoms with Crippen molar-refractivity contribution in [2.24, 2.45) is 10.3 Å². The Kier molecular flexibility index (Phi) is 20.0. The Hall–Kier alpha value is -8.72. The van der Waals surface area contributed by atoms with Crippen molar-refractivity contribution in [3.63, 3.8) is 0 Å². The number of nitriles is 2. The van der Waals surface area contributed by atoms with E-state index in [4.69, 9.17) is 9.68 Å². The number of amides is 4. The predicted molar refractivity (Wildman–Crippen MR) is 289 cm³/mol. The lowest BCUT2D eigenvalue weighted by Gasteiger charge is -2.26. The van der Waals surface area contributed by atoms with Crippen LogP contribution in [0, 0.1) is 34.3 Å². The van der Waals surface area contributed by atoms with Crippen LogP contribution in [0.15, 0.2) is 144 Å². The number of carbonyl (C=O) groups excluding carboxylic acids is 2. The van der Waals surface area contributed by atoms with Gasteiger partial charge in [-0.25, -0.2) is 22.8 Å². The van der Waals surface area contributed by atoms with E-state index in [1.54, 1.807) is 53.4 Å². The van der Waals surface area contributed by atoms with Crippen LogP contribution in [0.1, 0.15) is 48.9 Å². The van der Waals surface area contributed by atoms with Gasteiger partial charge < -0.3 is 20.3 Å². The Morgan fingerprint density at radius 3 is 1.49 bits per heavy atom. The molecule has 0 spiro atoms. The van der Waals surface area contributed by atoms with Gasteiger partial charge in [-0.1, -0.05) is 58.8 Å². The van der Waals surface area contributed by atoms with E-state index in [1.807, 2.05) is 62.4 Å². The van der Waals surface area contributed by atoms with Crippen molar-refractivity contribution in [1.29, 1.82) is 10.5 Å². The van der Waals surface area contributed by atoms with Crippen molar-refractivity contribution < 1.29 is 45.6 Å². The maximum Gasteiger partial charge on any atom is 0.419 e. The van der Waals surface area contributed by atoms with Crippen LogP contribution in [0.3, 0.4) is 0 Å². The molecule has 6 aromatic rings. The van der Waals surface area contributed by atoms with Gasteiger partial charge in [-0.15, -0.1) is 0 Å². The molecule has 78 heavy (non-hydrogen) atoms. The molecule has 0 aliphatic carbocycles. The number of benzene rings is 6. The lowest BCUT2D eigenvalue weighted by Crippen LogP contribution is -2.40. The number of nitrogens with one attached hydrogen (secondary N) is 2. The van der Waals surface area contributed by atoms with Gasteiger partial charge in [0.05, 0.1) is 40.3 Å². The van der Waals surface area contributed by atoms with E-state index in [2.05, 4.69) is 42.9 Å². The molecule has 14 nitrogen and oxygen atoms in total. The molecule has 0 aromatic heterocycles. The summed E-state index contributed by atoms with van der Waals surface area (Å²) in [7, 11) is 0. The van der Waals surface area contributed by atoms with Gasteiger partial charge in [0.25, 0.3) is 0 Å². The number of anilines is 4. The molecule has 0 unspecified atom stereocenters. The van der Waals surface area contributed by atoms with E-state index in [1.165, 1.54) is 17.0 Å². The SMILES string of the molecule is CCON=C1CCN(CCN(C(=O)Nc2ccc(F)c(C(F)(F)F)c2)c2ccc(-c3cccc(C#N)c3)cc2)C1.CCON=C1CCN(CCN(C(=O)Nc2ccc(F)c(CF)c2)c2ccc(-c3cccc(C#N)c3)cc2)C1. The molecule has 0 saturated carbocycles. The summed E-state index contributed by atoms with van der Waals surface area (Å²) in [5.74, 6) is -2.08. The summed E-state index contributed by atoms with van der Waals surface area (Å²) in [6.45, 7) is 8.22. The number of nitrogens with zero attached hydrogens (tertiary/aromatic N) is 8. The fourth-order valence-corrected chi connectivity index (χ4v) is 8.59. The minimum Gasteiger partial charge on any atom is -0.396 e. The average molecular weight is 1070 g/mol. The molecule has 8 rings (SSSR count). The molecule has 20 heteroatoms. The Morgan fingerprint density at radius 1 is 0.615 bits per heavy atom. The summed E-state index contributed by atoms with van der Waals surface area (Å²) in [6, 6.07) is 38.3. The van der Waals surface area contributed by atoms with Crippen LogP contribution >= 0.6 is 0 Å². The van der Waals surface area contributed by atoms with E-state index in [0.29, 0.717) is 86.3 Å². The number of alkyl halides is 4. The van der Waals surface area contributed by atoms with Gasteiger partial charge in [-0.3, -0.25) is 19.6 Å². The molecule has 4 amide bonds. The van der Waals surface area contributed by atoms with Gasteiger partial charge in [-0.05, 0) is 121 Å². The van der Waals surface area contributed by atoms with Gasteiger partial charge in [0.2, 0.25) is 0 Å². The zero-order chi connectivity index (χ0) is 55.6. The maximum absolute atomic E-state index is 13.8. The normalized spacial score (nSPS) is 14.5. The second-order valence-electron chi connectivity index (χ2n) is 18.0. The van der Waals surface area contributed by atoms with E-state index < -0.39 is 42.1 Å². The van der Waals surface area contributed by atoms with Crippen molar-refractivity contribution >= 4 is 46.2 Å². The standard InChI is InChI=1S/C29H27F4N5O2.C29H29F2N5O2/c1-2-40-36-24-12-13-37(19-24)14-15-38(28(39)35-23-8-11-27(30)26(17-23)29(31,32)33)25-9-6-21(7-10-25)22-5-3-4-20(16-22)18-34;1-2-38-34-26-12-13-35(20-26)14-15-36(29(37)33-25-8-11-28(31)24(17-25)18-30)27-9-6-22(7-10-27)23-5-3-4-21(16-23)19-32/h3-11,16-17H,2,12-15,19H2,1H3,(H,35,39);3-11,16-17H,2,12-15,18,20H2,1H3,(H,33,37). The van der Waals surface area contributed by atoms with Crippen LogP contribution in [0.4, 0.5) is 58.7 Å². The Balaban J connectivity index is 0.000000226. The number of halogens is 6. The molecule has 2 heterocycles. The van der Waals surface area contributed by atoms with Crippen molar-refractivity contribution in [3.8, 4) is 34.4 Å². The van der Waals surface area contributed by atoms with Crippen LogP contribution in [-0.2, 0) is 22.5 Å². The molecule has 6 aromatic carbocycles. The van der Waals surface area contributed by atoms with E-state index in [-0.39, 0.29) is 17.8 Å². The molecule has 2 aliphatic heterocycles. The minimum atomic E-state index is -4.90. The Morgan fingerprint density at radius 2 is 1.06 bits per heavy atom. The second kappa shape index (κ2) is 27.4. The molecular formula is C58H56F6N10O4. The number of hydrogen-bond acceptors (Lipinski definition) is 10. The van der Waals surface area contributed by atoms with Crippen LogP contribution in [0.5, 0.6) is 0 Å². The summed E-state index contributed by atoms with van der Waals surface area (Å²) >= 11 is 0. The third-order valence-electron chi connectivity index (χ3n) is 12.6. The lowest BCUT2D eigenvalue weighted by molar-refractivity contribution is -0.139. The number of likely N-dealkylation sites (tertiary alicyclic amines) is 2. The summed E-state index contributed by atoms with van der Waals surface area (Å²) in [6.07, 6.45) is -3.36. The van der Waals surface area contributed by atoms with Crippen LogP contribution in [-0.4, -0.2) is 98.9 Å². The minimum absolute atomic E-state index is 0.114. The van der Waals surface area contributed by atoms with Crippen molar-refractivity contribution in [2.45, 2.75) is 39.5 Å². The molecule has 404 valence electrons. The van der Waals surface area contributed by atoms with Gasteiger partial charge in [0.15, 0.2) is 0 Å². The second-order valence-corrected chi connectivity index (χ2v) is 18.0. The summed E-state index contributed by atoms with van der Waals surface area (Å²) in [5.41, 5.74) is 6.14. The average Bonchev–Trinajstić information content (AvgIpc) is 4.13. The molecule has 0 radical (unpaired) electrons. The van der Waals surface area contributed by atoms with Crippen LogP contribution in [0.2, 0.25) is 0 Å².